The van der Waals surface area contributed by atoms with Crippen LogP contribution in [-0.2, 0) is 4.79 Å². The van der Waals surface area contributed by atoms with Crippen molar-refractivity contribution in [2.75, 3.05) is 5.73 Å². The second-order valence-electron chi connectivity index (χ2n) is 2.42. The Balaban J connectivity index is 2.96. The lowest BCUT2D eigenvalue weighted by Crippen LogP contribution is -2.24. The van der Waals surface area contributed by atoms with Crippen LogP contribution >= 0.6 is 11.6 Å². The number of rotatable bonds is 2. The van der Waals surface area contributed by atoms with Crippen molar-refractivity contribution < 1.29 is 4.79 Å². The third-order valence-corrected chi connectivity index (χ3v) is 1.81. The summed E-state index contributed by atoms with van der Waals surface area (Å²) in [5.74, 6) is -0.279. The number of anilines is 1. The highest BCUT2D eigenvalue weighted by atomic mass is 35.5. The van der Waals surface area contributed by atoms with E-state index in [1.807, 2.05) is 0 Å². The first-order valence-electron chi connectivity index (χ1n) is 3.32. The number of nitrogens with zero attached hydrogens (tertiary/aromatic N) is 2. The van der Waals surface area contributed by atoms with Crippen LogP contribution in [0, 0.1) is 0 Å². The molecule has 4 N–H and O–H groups in total. The van der Waals surface area contributed by atoms with E-state index >= 15 is 0 Å². The van der Waals surface area contributed by atoms with Crippen LogP contribution in [0.15, 0.2) is 6.20 Å². The molecule has 1 amide bonds. The van der Waals surface area contributed by atoms with Crippen LogP contribution in [0.1, 0.15) is 13.0 Å². The van der Waals surface area contributed by atoms with Crippen molar-refractivity contribution in [1.29, 1.82) is 0 Å². The highest BCUT2D eigenvalue weighted by Gasteiger charge is 2.13. The molecule has 1 aromatic rings. The maximum atomic E-state index is 10.7. The van der Waals surface area contributed by atoms with Crippen LogP contribution in [0.25, 0.3) is 0 Å². The minimum atomic E-state index is -0.528. The Morgan fingerprint density at radius 1 is 1.83 bits per heavy atom. The molecule has 0 radical (unpaired) electrons. The molecule has 0 spiro atoms. The molecule has 66 valence electrons. The summed E-state index contributed by atoms with van der Waals surface area (Å²) in [5.41, 5.74) is 10.4. The smallest absolute Gasteiger partial charge is 0.241 e. The van der Waals surface area contributed by atoms with Crippen molar-refractivity contribution in [3.8, 4) is 0 Å². The van der Waals surface area contributed by atoms with E-state index in [1.165, 1.54) is 10.9 Å². The SMILES string of the molecule is CC(C(N)=O)n1cc(Cl)c(N)n1. The molecule has 0 saturated carbocycles. The van der Waals surface area contributed by atoms with Gasteiger partial charge in [0.15, 0.2) is 5.82 Å². The summed E-state index contributed by atoms with van der Waals surface area (Å²) in [4.78, 5) is 10.7. The fourth-order valence-electron chi connectivity index (χ4n) is 0.712. The Kier molecular flexibility index (Phi) is 2.23. The summed E-state index contributed by atoms with van der Waals surface area (Å²) >= 11 is 5.62. The first-order valence-corrected chi connectivity index (χ1v) is 3.69. The summed E-state index contributed by atoms with van der Waals surface area (Å²) < 4.78 is 1.33. The topological polar surface area (TPSA) is 86.9 Å². The second-order valence-corrected chi connectivity index (χ2v) is 2.83. The molecule has 1 unspecified atom stereocenters. The van der Waals surface area contributed by atoms with Gasteiger partial charge in [0.1, 0.15) is 11.1 Å². The Bertz CT molecular complexity index is 289. The molecule has 0 fully saturated rings. The number of nitrogen functional groups attached to an aromatic ring is 1. The number of carbonyl (C=O) groups is 1. The first-order chi connectivity index (χ1) is 5.52. The zero-order chi connectivity index (χ0) is 9.30. The standard InChI is InChI=1S/C6H9ClN4O/c1-3(6(9)12)11-2-4(7)5(8)10-11/h2-3H,1H3,(H2,8,10)(H2,9,12). The summed E-state index contributed by atoms with van der Waals surface area (Å²) in [6, 6.07) is -0.528. The molecular formula is C6H9ClN4O. The average molecular weight is 189 g/mol. The molecule has 0 saturated heterocycles. The van der Waals surface area contributed by atoms with Crippen molar-refractivity contribution >= 4 is 23.3 Å². The Hall–Kier alpha value is -1.23. The quantitative estimate of drug-likeness (QED) is 0.694. The summed E-state index contributed by atoms with van der Waals surface area (Å²) in [5, 5.41) is 4.12. The minimum absolute atomic E-state index is 0.199. The van der Waals surface area contributed by atoms with E-state index in [0.29, 0.717) is 5.02 Å². The number of aromatic nitrogens is 2. The molecule has 0 aromatic carbocycles. The van der Waals surface area contributed by atoms with Crippen LogP contribution in [0.5, 0.6) is 0 Å². The molecule has 5 nitrogen and oxygen atoms in total. The first kappa shape index (κ1) is 8.86. The molecule has 0 aliphatic rings. The lowest BCUT2D eigenvalue weighted by molar-refractivity contribution is -0.120. The molecule has 6 heteroatoms. The highest BCUT2D eigenvalue weighted by molar-refractivity contribution is 6.32. The van der Waals surface area contributed by atoms with E-state index in [0.717, 1.165) is 0 Å². The normalized spacial score (nSPS) is 12.8. The predicted molar refractivity (Wildman–Crippen MR) is 45.6 cm³/mol. The Labute approximate surface area is 74.3 Å². The van der Waals surface area contributed by atoms with E-state index in [9.17, 15) is 4.79 Å². The van der Waals surface area contributed by atoms with E-state index in [2.05, 4.69) is 5.10 Å². The molecule has 1 atom stereocenters. The van der Waals surface area contributed by atoms with Gasteiger partial charge in [-0.2, -0.15) is 5.10 Å². The fourth-order valence-corrected chi connectivity index (χ4v) is 0.850. The van der Waals surface area contributed by atoms with Crippen molar-refractivity contribution in [2.45, 2.75) is 13.0 Å². The van der Waals surface area contributed by atoms with Gasteiger partial charge >= 0.3 is 0 Å². The fraction of sp³-hybridized carbons (Fsp3) is 0.333. The number of nitrogens with two attached hydrogens (primary N) is 2. The molecule has 0 aliphatic heterocycles. The monoisotopic (exact) mass is 188 g/mol. The predicted octanol–water partition coefficient (Wildman–Crippen LogP) is 0.165. The summed E-state index contributed by atoms with van der Waals surface area (Å²) in [6.45, 7) is 1.62. The minimum Gasteiger partial charge on any atom is -0.381 e. The van der Waals surface area contributed by atoms with Crippen molar-refractivity contribution in [3.05, 3.63) is 11.2 Å². The molecule has 1 rings (SSSR count). The molecule has 1 aromatic heterocycles. The van der Waals surface area contributed by atoms with Gasteiger partial charge < -0.3 is 11.5 Å². The van der Waals surface area contributed by atoms with Crippen LogP contribution in [0.2, 0.25) is 5.02 Å². The van der Waals surface area contributed by atoms with Crippen molar-refractivity contribution in [1.82, 2.24) is 9.78 Å². The van der Waals surface area contributed by atoms with E-state index < -0.39 is 11.9 Å². The van der Waals surface area contributed by atoms with Gasteiger partial charge in [0.25, 0.3) is 0 Å². The zero-order valence-electron chi connectivity index (χ0n) is 6.49. The number of primary amides is 1. The summed E-state index contributed by atoms with van der Waals surface area (Å²) in [6.07, 6.45) is 1.46. The lowest BCUT2D eigenvalue weighted by Gasteiger charge is -2.05. The highest BCUT2D eigenvalue weighted by Crippen LogP contribution is 2.17. The van der Waals surface area contributed by atoms with Crippen LogP contribution < -0.4 is 11.5 Å². The third-order valence-electron chi connectivity index (χ3n) is 1.52. The van der Waals surface area contributed by atoms with Crippen molar-refractivity contribution in [2.24, 2.45) is 5.73 Å². The van der Waals surface area contributed by atoms with Crippen molar-refractivity contribution in [3.63, 3.8) is 0 Å². The van der Waals surface area contributed by atoms with Gasteiger partial charge in [-0.1, -0.05) is 11.6 Å². The number of hydrogen-bond acceptors (Lipinski definition) is 3. The van der Waals surface area contributed by atoms with Crippen LogP contribution in [-0.4, -0.2) is 15.7 Å². The molecular weight excluding hydrogens is 180 g/mol. The van der Waals surface area contributed by atoms with E-state index in [-0.39, 0.29) is 5.82 Å². The maximum absolute atomic E-state index is 10.7. The van der Waals surface area contributed by atoms with Crippen LogP contribution in [0.4, 0.5) is 5.82 Å². The maximum Gasteiger partial charge on any atom is 0.241 e. The van der Waals surface area contributed by atoms with Gasteiger partial charge in [-0.15, -0.1) is 0 Å². The lowest BCUT2D eigenvalue weighted by atomic mass is 10.3. The van der Waals surface area contributed by atoms with Gasteiger partial charge in [-0.05, 0) is 6.92 Å². The third kappa shape index (κ3) is 1.50. The van der Waals surface area contributed by atoms with E-state index in [1.54, 1.807) is 6.92 Å². The number of carbonyl (C=O) groups excluding carboxylic acids is 1. The largest absolute Gasteiger partial charge is 0.381 e. The van der Waals surface area contributed by atoms with Gasteiger partial charge in [0.05, 0.1) is 0 Å². The number of hydrogen-bond donors (Lipinski definition) is 2. The zero-order valence-corrected chi connectivity index (χ0v) is 7.25. The molecule has 0 aliphatic carbocycles. The van der Waals surface area contributed by atoms with Gasteiger partial charge in [0.2, 0.25) is 5.91 Å². The van der Waals surface area contributed by atoms with Gasteiger partial charge in [-0.25, -0.2) is 0 Å². The number of amides is 1. The Morgan fingerprint density at radius 3 is 2.75 bits per heavy atom. The molecule has 1 heterocycles. The van der Waals surface area contributed by atoms with Gasteiger partial charge in [0, 0.05) is 6.20 Å². The Morgan fingerprint density at radius 2 is 2.42 bits per heavy atom. The average Bonchev–Trinajstić information content (AvgIpc) is 2.30. The van der Waals surface area contributed by atoms with Gasteiger partial charge in [-0.3, -0.25) is 9.48 Å². The summed E-state index contributed by atoms with van der Waals surface area (Å²) in [7, 11) is 0. The molecule has 0 bridgehead atoms. The number of halogens is 1. The second kappa shape index (κ2) is 3.02. The molecule has 12 heavy (non-hydrogen) atoms. The van der Waals surface area contributed by atoms with E-state index in [4.69, 9.17) is 23.1 Å². The van der Waals surface area contributed by atoms with Crippen LogP contribution in [0.3, 0.4) is 0 Å².